The topological polar surface area (TPSA) is 73.3 Å². The van der Waals surface area contributed by atoms with Gasteiger partial charge in [-0.25, -0.2) is 0 Å². The fourth-order valence-electron chi connectivity index (χ4n) is 4.07. The summed E-state index contributed by atoms with van der Waals surface area (Å²) >= 11 is 1.48. The lowest BCUT2D eigenvalue weighted by atomic mass is 10.1. The molecule has 0 radical (unpaired) electrons. The van der Waals surface area contributed by atoms with E-state index in [9.17, 15) is 14.7 Å². The molecule has 1 fully saturated rings. The van der Waals surface area contributed by atoms with Crippen LogP contribution in [0, 0.1) is 0 Å². The van der Waals surface area contributed by atoms with Gasteiger partial charge in [0.05, 0.1) is 19.3 Å². The Morgan fingerprint density at radius 1 is 1.00 bits per heavy atom. The summed E-state index contributed by atoms with van der Waals surface area (Å²) in [4.78, 5) is 33.1. The molecular formula is C23H27N3O4S. The van der Waals surface area contributed by atoms with Crippen LogP contribution in [0.3, 0.4) is 0 Å². The molecule has 3 heterocycles. The highest BCUT2D eigenvalue weighted by atomic mass is 32.1. The first-order valence-corrected chi connectivity index (χ1v) is 11.4. The van der Waals surface area contributed by atoms with Gasteiger partial charge in [0.2, 0.25) is 0 Å². The van der Waals surface area contributed by atoms with Crippen molar-refractivity contribution in [1.29, 1.82) is 0 Å². The van der Waals surface area contributed by atoms with E-state index in [2.05, 4.69) is 4.90 Å². The quantitative estimate of drug-likeness (QED) is 0.629. The van der Waals surface area contributed by atoms with Crippen molar-refractivity contribution in [1.82, 2.24) is 14.7 Å². The van der Waals surface area contributed by atoms with Gasteiger partial charge in [-0.2, -0.15) is 0 Å². The van der Waals surface area contributed by atoms with E-state index >= 15 is 0 Å². The first-order valence-electron chi connectivity index (χ1n) is 10.5. The summed E-state index contributed by atoms with van der Waals surface area (Å²) in [6, 6.07) is 11.5. The van der Waals surface area contributed by atoms with Gasteiger partial charge in [-0.15, -0.1) is 11.3 Å². The van der Waals surface area contributed by atoms with Crippen LogP contribution in [0.5, 0.6) is 5.75 Å². The van der Waals surface area contributed by atoms with Crippen LogP contribution in [0.4, 0.5) is 0 Å². The number of imide groups is 1. The second-order valence-corrected chi connectivity index (χ2v) is 8.56. The van der Waals surface area contributed by atoms with Gasteiger partial charge in [-0.3, -0.25) is 19.4 Å². The van der Waals surface area contributed by atoms with E-state index in [0.29, 0.717) is 43.9 Å². The number of carbonyl (C=O) groups excluding carboxylic acids is 2. The molecular weight excluding hydrogens is 414 g/mol. The molecule has 2 aliphatic rings. The molecule has 1 aromatic carbocycles. The van der Waals surface area contributed by atoms with Gasteiger partial charge in [0, 0.05) is 44.1 Å². The number of hydrogen-bond donors (Lipinski definition) is 1. The fourth-order valence-corrected chi connectivity index (χ4v) is 4.83. The largest absolute Gasteiger partial charge is 0.497 e. The van der Waals surface area contributed by atoms with Gasteiger partial charge in [0.15, 0.2) is 0 Å². The van der Waals surface area contributed by atoms with Crippen molar-refractivity contribution in [3.63, 3.8) is 0 Å². The first kappa shape index (κ1) is 21.5. The summed E-state index contributed by atoms with van der Waals surface area (Å²) in [5.74, 6) is 0.354. The minimum absolute atomic E-state index is 0.125. The normalized spacial score (nSPS) is 17.7. The summed E-state index contributed by atoms with van der Waals surface area (Å²) in [7, 11) is 1.62. The maximum atomic E-state index is 13.4. The summed E-state index contributed by atoms with van der Waals surface area (Å²) in [5, 5.41) is 11.1. The van der Waals surface area contributed by atoms with Crippen LogP contribution in [0.2, 0.25) is 0 Å². The molecule has 0 aliphatic carbocycles. The van der Waals surface area contributed by atoms with Crippen LogP contribution >= 0.6 is 11.3 Å². The van der Waals surface area contributed by atoms with Crippen LogP contribution < -0.4 is 4.74 Å². The number of ether oxygens (including phenoxy) is 1. The zero-order chi connectivity index (χ0) is 21.8. The Morgan fingerprint density at radius 3 is 2.35 bits per heavy atom. The van der Waals surface area contributed by atoms with Gasteiger partial charge in [-0.1, -0.05) is 18.2 Å². The number of piperazine rings is 1. The molecule has 31 heavy (non-hydrogen) atoms. The minimum Gasteiger partial charge on any atom is -0.497 e. The van der Waals surface area contributed by atoms with E-state index in [0.717, 1.165) is 29.3 Å². The molecule has 0 unspecified atom stereocenters. The van der Waals surface area contributed by atoms with Crippen molar-refractivity contribution >= 4 is 28.7 Å². The third kappa shape index (κ3) is 4.51. The number of methoxy groups -OCH3 is 1. The Hall–Kier alpha value is -2.68. The molecule has 0 bridgehead atoms. The Kier molecular flexibility index (Phi) is 6.70. The standard InChI is InChI=1S/C23H27N3O4S/c1-30-18-6-4-17(5-7-18)8-9-26-22(28)20(19-3-2-16-31-19)21(23(26)29)25-12-10-24(11-13-25)14-15-27/h2-7,16,27H,8-15H2,1H3. The Bertz CT molecular complexity index is 948. The number of thiophene rings is 1. The number of benzene rings is 1. The lowest BCUT2D eigenvalue weighted by Gasteiger charge is -2.36. The molecule has 1 aromatic heterocycles. The van der Waals surface area contributed by atoms with Crippen molar-refractivity contribution in [3.8, 4) is 5.75 Å². The van der Waals surface area contributed by atoms with E-state index in [1.54, 1.807) is 7.11 Å². The molecule has 8 heteroatoms. The summed E-state index contributed by atoms with van der Waals surface area (Å²) < 4.78 is 5.19. The minimum atomic E-state index is -0.214. The Labute approximate surface area is 186 Å². The van der Waals surface area contributed by atoms with E-state index in [-0.39, 0.29) is 18.4 Å². The summed E-state index contributed by atoms with van der Waals surface area (Å²) in [6.45, 7) is 3.94. The van der Waals surface area contributed by atoms with Crippen LogP contribution in [-0.4, -0.2) is 84.6 Å². The predicted molar refractivity (Wildman–Crippen MR) is 120 cm³/mol. The third-order valence-electron chi connectivity index (χ3n) is 5.80. The molecule has 164 valence electrons. The van der Waals surface area contributed by atoms with Crippen LogP contribution in [-0.2, 0) is 16.0 Å². The van der Waals surface area contributed by atoms with Crippen molar-refractivity contribution in [2.24, 2.45) is 0 Å². The van der Waals surface area contributed by atoms with Gasteiger partial charge in [0.1, 0.15) is 11.4 Å². The molecule has 1 saturated heterocycles. The number of nitrogens with zero attached hydrogens (tertiary/aromatic N) is 3. The van der Waals surface area contributed by atoms with Crippen molar-refractivity contribution in [2.75, 3.05) is 53.0 Å². The average molecular weight is 442 g/mol. The number of aliphatic hydroxyl groups excluding tert-OH is 1. The van der Waals surface area contributed by atoms with Gasteiger partial charge >= 0.3 is 0 Å². The molecule has 0 atom stereocenters. The third-order valence-corrected chi connectivity index (χ3v) is 6.69. The van der Waals surface area contributed by atoms with Gasteiger partial charge in [0.25, 0.3) is 11.8 Å². The zero-order valence-electron chi connectivity index (χ0n) is 17.6. The van der Waals surface area contributed by atoms with E-state index < -0.39 is 0 Å². The SMILES string of the molecule is COc1ccc(CCN2C(=O)C(c3cccs3)=C(N3CCN(CCO)CC3)C2=O)cc1. The highest BCUT2D eigenvalue weighted by Crippen LogP contribution is 2.34. The van der Waals surface area contributed by atoms with E-state index in [1.165, 1.54) is 16.2 Å². The Balaban J connectivity index is 1.53. The molecule has 2 aliphatic heterocycles. The van der Waals surface area contributed by atoms with Crippen LogP contribution in [0.25, 0.3) is 5.57 Å². The molecule has 2 aromatic rings. The monoisotopic (exact) mass is 441 g/mol. The van der Waals surface area contributed by atoms with E-state index in [1.807, 2.05) is 46.7 Å². The van der Waals surface area contributed by atoms with Crippen molar-refractivity contribution in [2.45, 2.75) is 6.42 Å². The van der Waals surface area contributed by atoms with Gasteiger partial charge < -0.3 is 14.7 Å². The lowest BCUT2D eigenvalue weighted by molar-refractivity contribution is -0.137. The molecule has 7 nitrogen and oxygen atoms in total. The fraction of sp³-hybridized carbons (Fsp3) is 0.391. The summed E-state index contributed by atoms with van der Waals surface area (Å²) in [5.41, 5.74) is 2.08. The number of rotatable bonds is 8. The molecule has 0 saturated carbocycles. The predicted octanol–water partition coefficient (Wildman–Crippen LogP) is 1.69. The zero-order valence-corrected chi connectivity index (χ0v) is 18.4. The maximum absolute atomic E-state index is 13.4. The number of amides is 2. The van der Waals surface area contributed by atoms with Crippen molar-refractivity contribution in [3.05, 3.63) is 57.9 Å². The highest BCUT2D eigenvalue weighted by molar-refractivity contribution is 7.11. The van der Waals surface area contributed by atoms with E-state index in [4.69, 9.17) is 4.74 Å². The summed E-state index contributed by atoms with van der Waals surface area (Å²) in [6.07, 6.45) is 0.594. The lowest BCUT2D eigenvalue weighted by Crippen LogP contribution is -2.48. The number of carbonyl (C=O) groups is 2. The molecule has 0 spiro atoms. The van der Waals surface area contributed by atoms with Crippen molar-refractivity contribution < 1.29 is 19.4 Å². The second kappa shape index (κ2) is 9.64. The van der Waals surface area contributed by atoms with Crippen LogP contribution in [0.15, 0.2) is 47.5 Å². The van der Waals surface area contributed by atoms with Gasteiger partial charge in [-0.05, 0) is 35.6 Å². The second-order valence-electron chi connectivity index (χ2n) is 7.61. The maximum Gasteiger partial charge on any atom is 0.277 e. The first-order chi connectivity index (χ1) is 15.1. The number of β-amino-alcohol motifs (C(OH)–C–C–N with tert-alkyl or cyclic N) is 1. The number of aliphatic hydroxyl groups is 1. The highest BCUT2D eigenvalue weighted by Gasteiger charge is 2.42. The number of hydrogen-bond acceptors (Lipinski definition) is 7. The Morgan fingerprint density at radius 2 is 1.74 bits per heavy atom. The van der Waals surface area contributed by atoms with Crippen LogP contribution in [0.1, 0.15) is 10.4 Å². The smallest absolute Gasteiger partial charge is 0.277 e. The molecule has 2 amide bonds. The average Bonchev–Trinajstić information content (AvgIpc) is 3.40. The molecule has 1 N–H and O–H groups in total. The molecule has 4 rings (SSSR count).